The first-order chi connectivity index (χ1) is 11.8. The number of imidazole rings is 1. The second-order valence-electron chi connectivity index (χ2n) is 6.99. The van der Waals surface area contributed by atoms with Crippen molar-refractivity contribution in [2.45, 2.75) is 52.6 Å². The highest BCUT2D eigenvalue weighted by Crippen LogP contribution is 2.27. The number of carbonyl (C=O) groups excluding carboxylic acids is 1. The van der Waals surface area contributed by atoms with Crippen LogP contribution < -0.4 is 0 Å². The van der Waals surface area contributed by atoms with Gasteiger partial charge < -0.3 is 9.47 Å². The van der Waals surface area contributed by atoms with Crippen LogP contribution in [0.2, 0.25) is 0 Å². The summed E-state index contributed by atoms with van der Waals surface area (Å²) in [6, 6.07) is 6.20. The highest BCUT2D eigenvalue weighted by atomic mass is 16.6. The van der Waals surface area contributed by atoms with Crippen molar-refractivity contribution in [2.75, 3.05) is 13.7 Å². The number of aromatic nitrogens is 2. The molecule has 0 aliphatic rings. The number of carbonyl (C=O) groups is 1. The molecular weight excluding hydrogens is 316 g/mol. The molecule has 136 valence electrons. The zero-order valence-corrected chi connectivity index (χ0v) is 16.0. The number of rotatable bonds is 6. The van der Waals surface area contributed by atoms with Crippen LogP contribution in [0.4, 0.5) is 4.79 Å². The molecule has 0 amide bonds. The lowest BCUT2D eigenvalue weighted by atomic mass is 9.93. The Bertz CT molecular complexity index is 734. The first-order valence-corrected chi connectivity index (χ1v) is 8.58. The van der Waals surface area contributed by atoms with Crippen molar-refractivity contribution >= 4 is 6.09 Å². The summed E-state index contributed by atoms with van der Waals surface area (Å²) < 4.78 is 12.2. The van der Waals surface area contributed by atoms with E-state index in [4.69, 9.17) is 9.47 Å². The maximum absolute atomic E-state index is 12.4. The van der Waals surface area contributed by atoms with Gasteiger partial charge in [0.05, 0.1) is 12.2 Å². The third kappa shape index (κ3) is 4.48. The van der Waals surface area contributed by atoms with Gasteiger partial charge in [-0.25, -0.2) is 14.3 Å². The number of hydrogen-bond donors (Lipinski definition) is 0. The van der Waals surface area contributed by atoms with E-state index in [9.17, 15) is 4.79 Å². The minimum atomic E-state index is -0.406. The summed E-state index contributed by atoms with van der Waals surface area (Å²) in [7, 11) is 1.65. The van der Waals surface area contributed by atoms with Crippen LogP contribution in [0.15, 0.2) is 30.6 Å². The lowest BCUT2D eigenvalue weighted by molar-refractivity contribution is 0.000226. The fourth-order valence-electron chi connectivity index (χ4n) is 2.73. The molecule has 2 rings (SSSR count). The molecule has 1 atom stereocenters. The largest absolute Gasteiger partial charge is 0.449 e. The van der Waals surface area contributed by atoms with Crippen molar-refractivity contribution in [2.24, 2.45) is 0 Å². The SMILES string of the molecule is COC(C)(C)CCOC(=O)n1ccnc1[C@@H](C)c1cccc(C)c1C. The van der Waals surface area contributed by atoms with Crippen LogP contribution in [-0.4, -0.2) is 35.0 Å². The fourth-order valence-corrected chi connectivity index (χ4v) is 2.73. The molecule has 0 fully saturated rings. The highest BCUT2D eigenvalue weighted by molar-refractivity contribution is 5.71. The summed E-state index contributed by atoms with van der Waals surface area (Å²) in [5.41, 5.74) is 3.30. The minimum absolute atomic E-state index is 0.00198. The average molecular weight is 344 g/mol. The summed E-state index contributed by atoms with van der Waals surface area (Å²) in [5, 5.41) is 0. The molecule has 0 bridgehead atoms. The fraction of sp³-hybridized carbons (Fsp3) is 0.500. The average Bonchev–Trinajstić information content (AvgIpc) is 3.06. The number of methoxy groups -OCH3 is 1. The molecule has 0 saturated heterocycles. The Morgan fingerprint density at radius 2 is 2.04 bits per heavy atom. The predicted octanol–water partition coefficient (Wildman–Crippen LogP) is 4.45. The quantitative estimate of drug-likeness (QED) is 0.777. The second kappa shape index (κ2) is 7.83. The molecule has 2 aromatic rings. The standard InChI is InChI=1S/C20H28N2O3/c1-14-8-7-9-17(15(14)2)16(3)18-21-11-12-22(18)19(23)25-13-10-20(4,5)24-6/h7-9,11-12,16H,10,13H2,1-6H3/t16-/m0/s1. The molecule has 0 spiro atoms. The van der Waals surface area contributed by atoms with Gasteiger partial charge in [-0.1, -0.05) is 25.1 Å². The molecule has 0 unspecified atom stereocenters. The summed E-state index contributed by atoms with van der Waals surface area (Å²) in [6.07, 6.45) is 3.51. The van der Waals surface area contributed by atoms with E-state index in [0.29, 0.717) is 18.9 Å². The summed E-state index contributed by atoms with van der Waals surface area (Å²) in [6.45, 7) is 10.5. The van der Waals surface area contributed by atoms with Gasteiger partial charge in [-0.2, -0.15) is 0 Å². The molecule has 0 N–H and O–H groups in total. The molecule has 5 heteroatoms. The lowest BCUT2D eigenvalue weighted by Crippen LogP contribution is -2.26. The van der Waals surface area contributed by atoms with Gasteiger partial charge in [0.15, 0.2) is 0 Å². The van der Waals surface area contributed by atoms with E-state index in [-0.39, 0.29) is 11.5 Å². The van der Waals surface area contributed by atoms with Gasteiger partial charge in [0.1, 0.15) is 5.82 Å². The molecule has 0 aliphatic heterocycles. The molecule has 1 aromatic carbocycles. The van der Waals surface area contributed by atoms with E-state index in [2.05, 4.69) is 37.9 Å². The number of benzene rings is 1. The Morgan fingerprint density at radius 3 is 2.72 bits per heavy atom. The van der Waals surface area contributed by atoms with E-state index >= 15 is 0 Å². The van der Waals surface area contributed by atoms with Gasteiger partial charge in [-0.3, -0.25) is 0 Å². The predicted molar refractivity (Wildman–Crippen MR) is 98.1 cm³/mol. The van der Waals surface area contributed by atoms with Gasteiger partial charge in [-0.05, 0) is 44.4 Å². The van der Waals surface area contributed by atoms with Crippen molar-refractivity contribution in [1.82, 2.24) is 9.55 Å². The monoisotopic (exact) mass is 344 g/mol. The highest BCUT2D eigenvalue weighted by Gasteiger charge is 2.22. The van der Waals surface area contributed by atoms with Gasteiger partial charge in [0, 0.05) is 31.8 Å². The Morgan fingerprint density at radius 1 is 1.32 bits per heavy atom. The van der Waals surface area contributed by atoms with Crippen LogP contribution in [0.25, 0.3) is 0 Å². The number of aryl methyl sites for hydroxylation is 1. The third-order valence-corrected chi connectivity index (χ3v) is 4.85. The van der Waals surface area contributed by atoms with Crippen molar-refractivity contribution < 1.29 is 14.3 Å². The maximum Gasteiger partial charge on any atom is 0.419 e. The third-order valence-electron chi connectivity index (χ3n) is 4.85. The molecule has 0 saturated carbocycles. The summed E-state index contributed by atoms with van der Waals surface area (Å²) in [5.74, 6) is 0.683. The van der Waals surface area contributed by atoms with Crippen LogP contribution in [0, 0.1) is 13.8 Å². The lowest BCUT2D eigenvalue weighted by Gasteiger charge is -2.22. The van der Waals surface area contributed by atoms with Crippen molar-refractivity contribution in [3.05, 3.63) is 53.1 Å². The summed E-state index contributed by atoms with van der Waals surface area (Å²) >= 11 is 0. The van der Waals surface area contributed by atoms with Crippen LogP contribution in [0.3, 0.4) is 0 Å². The van der Waals surface area contributed by atoms with Crippen LogP contribution in [-0.2, 0) is 9.47 Å². The Hall–Kier alpha value is -2.14. The van der Waals surface area contributed by atoms with Crippen LogP contribution in [0.5, 0.6) is 0 Å². The van der Waals surface area contributed by atoms with E-state index < -0.39 is 6.09 Å². The molecule has 1 heterocycles. The molecule has 1 aromatic heterocycles. The topological polar surface area (TPSA) is 53.4 Å². The van der Waals surface area contributed by atoms with E-state index in [1.54, 1.807) is 19.5 Å². The zero-order chi connectivity index (χ0) is 18.6. The Labute approximate surface area is 150 Å². The number of hydrogen-bond acceptors (Lipinski definition) is 4. The second-order valence-corrected chi connectivity index (χ2v) is 6.99. The van der Waals surface area contributed by atoms with Crippen molar-refractivity contribution in [3.63, 3.8) is 0 Å². The van der Waals surface area contributed by atoms with Crippen LogP contribution >= 0.6 is 0 Å². The normalized spacial score (nSPS) is 12.9. The van der Waals surface area contributed by atoms with Crippen LogP contribution in [0.1, 0.15) is 55.6 Å². The smallest absolute Gasteiger partial charge is 0.419 e. The van der Waals surface area contributed by atoms with Gasteiger partial charge in [0.25, 0.3) is 0 Å². The molecule has 5 nitrogen and oxygen atoms in total. The molecule has 25 heavy (non-hydrogen) atoms. The molecular formula is C20H28N2O3. The van der Waals surface area contributed by atoms with Gasteiger partial charge in [0.2, 0.25) is 0 Å². The first-order valence-electron chi connectivity index (χ1n) is 8.58. The molecule has 0 aliphatic carbocycles. The zero-order valence-electron chi connectivity index (χ0n) is 16.0. The minimum Gasteiger partial charge on any atom is -0.449 e. The van der Waals surface area contributed by atoms with Gasteiger partial charge >= 0.3 is 6.09 Å². The van der Waals surface area contributed by atoms with Gasteiger partial charge in [-0.15, -0.1) is 0 Å². The Balaban J connectivity index is 2.14. The van der Waals surface area contributed by atoms with E-state index in [1.165, 1.54) is 21.3 Å². The summed E-state index contributed by atoms with van der Waals surface area (Å²) in [4.78, 5) is 16.8. The first kappa shape index (κ1) is 19.2. The Kier molecular flexibility index (Phi) is 6.01. The van der Waals surface area contributed by atoms with Crippen molar-refractivity contribution in [3.8, 4) is 0 Å². The van der Waals surface area contributed by atoms with Crippen molar-refractivity contribution in [1.29, 1.82) is 0 Å². The number of ether oxygens (including phenoxy) is 2. The van der Waals surface area contributed by atoms with E-state index in [1.807, 2.05) is 19.9 Å². The number of nitrogens with zero attached hydrogens (tertiary/aromatic N) is 2. The maximum atomic E-state index is 12.4. The van der Waals surface area contributed by atoms with E-state index in [0.717, 1.165) is 0 Å². The molecule has 0 radical (unpaired) electrons.